The van der Waals surface area contributed by atoms with Crippen molar-refractivity contribution in [1.29, 1.82) is 0 Å². The second-order valence-electron chi connectivity index (χ2n) is 5.37. The summed E-state index contributed by atoms with van der Waals surface area (Å²) in [6, 6.07) is 16.1. The number of nitrogens with zero attached hydrogens (tertiary/aromatic N) is 4. The summed E-state index contributed by atoms with van der Waals surface area (Å²) in [5, 5.41) is 14.7. The second kappa shape index (κ2) is 8.43. The van der Waals surface area contributed by atoms with E-state index in [4.69, 9.17) is 4.74 Å². The van der Waals surface area contributed by atoms with Crippen LogP contribution in [0, 0.1) is 0 Å². The maximum atomic E-state index is 5.86. The molecule has 3 rings (SSSR count). The van der Waals surface area contributed by atoms with Crippen molar-refractivity contribution in [2.75, 3.05) is 5.32 Å². The summed E-state index contributed by atoms with van der Waals surface area (Å²) in [4.78, 5) is 0. The van der Waals surface area contributed by atoms with Crippen LogP contribution >= 0.6 is 15.9 Å². The lowest BCUT2D eigenvalue weighted by Crippen LogP contribution is -2.08. The number of ether oxygens (including phenoxy) is 1. The lowest BCUT2D eigenvalue weighted by molar-refractivity contribution is 0.304. The molecule has 0 bridgehead atoms. The van der Waals surface area contributed by atoms with Crippen molar-refractivity contribution < 1.29 is 4.74 Å². The van der Waals surface area contributed by atoms with Gasteiger partial charge in [-0.1, -0.05) is 47.6 Å². The minimum atomic E-state index is 0.535. The zero-order chi connectivity index (χ0) is 17.5. The van der Waals surface area contributed by atoms with Crippen LogP contribution in [0.4, 0.5) is 5.95 Å². The predicted octanol–water partition coefficient (Wildman–Crippen LogP) is 3.81. The van der Waals surface area contributed by atoms with Gasteiger partial charge in [-0.3, -0.25) is 0 Å². The number of hydrogen-bond acceptors (Lipinski definition) is 5. The molecule has 1 aromatic heterocycles. The van der Waals surface area contributed by atoms with E-state index in [1.807, 2.05) is 48.5 Å². The van der Waals surface area contributed by atoms with E-state index in [9.17, 15) is 0 Å². The lowest BCUT2D eigenvalue weighted by atomic mass is 10.2. The molecule has 0 aliphatic heterocycles. The molecule has 0 amide bonds. The average Bonchev–Trinajstić information content (AvgIpc) is 3.07. The second-order valence-corrected chi connectivity index (χ2v) is 6.22. The quantitative estimate of drug-likeness (QED) is 0.583. The Hall–Kier alpha value is -2.67. The molecule has 3 aromatic rings. The molecule has 0 unspecified atom stereocenters. The van der Waals surface area contributed by atoms with E-state index in [-0.39, 0.29) is 0 Å². The molecular formula is C18H18BrN5O. The Balaban J connectivity index is 1.59. The summed E-state index contributed by atoms with van der Waals surface area (Å²) in [6.45, 7) is 5.39. The number of halogens is 1. The van der Waals surface area contributed by atoms with E-state index in [2.05, 4.69) is 43.4 Å². The van der Waals surface area contributed by atoms with Crippen LogP contribution in [0.5, 0.6) is 5.75 Å². The third-order valence-corrected chi connectivity index (χ3v) is 4.14. The highest BCUT2D eigenvalue weighted by Crippen LogP contribution is 2.27. The summed E-state index contributed by atoms with van der Waals surface area (Å²) in [7, 11) is 0. The monoisotopic (exact) mass is 399 g/mol. The van der Waals surface area contributed by atoms with Crippen LogP contribution in [0.25, 0.3) is 0 Å². The number of aromatic nitrogens is 4. The zero-order valence-electron chi connectivity index (χ0n) is 13.6. The van der Waals surface area contributed by atoms with Crippen LogP contribution in [0.3, 0.4) is 0 Å². The van der Waals surface area contributed by atoms with Gasteiger partial charge in [0.05, 0.1) is 11.0 Å². The van der Waals surface area contributed by atoms with Crippen molar-refractivity contribution in [3.8, 4) is 5.75 Å². The van der Waals surface area contributed by atoms with Crippen LogP contribution in [-0.4, -0.2) is 20.2 Å². The maximum Gasteiger partial charge on any atom is 0.243 e. The highest BCUT2D eigenvalue weighted by molar-refractivity contribution is 9.10. The van der Waals surface area contributed by atoms with E-state index in [1.165, 1.54) is 0 Å². The first-order valence-electron chi connectivity index (χ1n) is 7.82. The number of tetrazole rings is 1. The number of rotatable bonds is 8. The Bertz CT molecular complexity index is 834. The van der Waals surface area contributed by atoms with Gasteiger partial charge in [-0.25, -0.2) is 4.68 Å². The molecule has 25 heavy (non-hydrogen) atoms. The minimum Gasteiger partial charge on any atom is -0.488 e. The highest BCUT2D eigenvalue weighted by atomic mass is 79.9. The molecule has 128 valence electrons. The van der Waals surface area contributed by atoms with Gasteiger partial charge < -0.3 is 10.1 Å². The number of anilines is 1. The van der Waals surface area contributed by atoms with Gasteiger partial charge in [0.2, 0.25) is 5.95 Å². The molecule has 6 nitrogen and oxygen atoms in total. The summed E-state index contributed by atoms with van der Waals surface area (Å²) >= 11 is 3.57. The molecule has 0 fully saturated rings. The number of benzene rings is 2. The van der Waals surface area contributed by atoms with Crippen LogP contribution < -0.4 is 10.1 Å². The first-order valence-corrected chi connectivity index (χ1v) is 8.61. The first-order chi connectivity index (χ1) is 12.3. The van der Waals surface area contributed by atoms with Crippen LogP contribution in [-0.2, 0) is 19.7 Å². The number of nitrogens with one attached hydrogen (secondary N) is 1. The molecule has 0 aliphatic carbocycles. The van der Waals surface area contributed by atoms with Gasteiger partial charge >= 0.3 is 0 Å². The van der Waals surface area contributed by atoms with E-state index in [1.54, 1.807) is 10.8 Å². The molecule has 1 heterocycles. The molecule has 0 saturated carbocycles. The minimum absolute atomic E-state index is 0.535. The Kier molecular flexibility index (Phi) is 5.79. The fourth-order valence-electron chi connectivity index (χ4n) is 2.26. The Morgan fingerprint density at radius 2 is 2.00 bits per heavy atom. The fraction of sp³-hybridized carbons (Fsp3) is 0.167. The van der Waals surface area contributed by atoms with E-state index in [0.29, 0.717) is 25.6 Å². The molecule has 0 radical (unpaired) electrons. The third-order valence-electron chi connectivity index (χ3n) is 3.52. The van der Waals surface area contributed by atoms with Gasteiger partial charge in [-0.2, -0.15) is 0 Å². The Morgan fingerprint density at radius 1 is 1.16 bits per heavy atom. The molecule has 0 spiro atoms. The summed E-state index contributed by atoms with van der Waals surface area (Å²) < 4.78 is 8.43. The van der Waals surface area contributed by atoms with Crippen molar-refractivity contribution in [2.45, 2.75) is 19.7 Å². The van der Waals surface area contributed by atoms with Crippen molar-refractivity contribution in [3.05, 3.63) is 76.8 Å². The third kappa shape index (κ3) is 4.67. The highest BCUT2D eigenvalue weighted by Gasteiger charge is 2.06. The SMILES string of the molecule is C=CCn1nnnc1NCc1ccc(OCc2ccccc2)c(Br)c1. The normalized spacial score (nSPS) is 10.4. The predicted molar refractivity (Wildman–Crippen MR) is 100 cm³/mol. The standard InChI is InChI=1S/C18H18BrN5O/c1-2-10-24-18(21-22-23-24)20-12-15-8-9-17(16(19)11-15)25-13-14-6-4-3-5-7-14/h2-9,11H,1,10,12-13H2,(H,20,21,23). The Labute approximate surface area is 154 Å². The van der Waals surface area contributed by atoms with Gasteiger partial charge in [0.25, 0.3) is 0 Å². The summed E-state index contributed by atoms with van der Waals surface area (Å²) in [5.41, 5.74) is 2.22. The maximum absolute atomic E-state index is 5.86. The van der Waals surface area contributed by atoms with E-state index >= 15 is 0 Å². The molecule has 1 N–H and O–H groups in total. The van der Waals surface area contributed by atoms with Crippen molar-refractivity contribution >= 4 is 21.9 Å². The van der Waals surface area contributed by atoms with Crippen LogP contribution in [0.15, 0.2) is 65.7 Å². The molecule has 0 saturated heterocycles. The van der Waals surface area contributed by atoms with E-state index in [0.717, 1.165) is 21.3 Å². The molecule has 7 heteroatoms. The lowest BCUT2D eigenvalue weighted by Gasteiger charge is -2.11. The van der Waals surface area contributed by atoms with Crippen molar-refractivity contribution in [1.82, 2.24) is 20.2 Å². The van der Waals surface area contributed by atoms with Crippen LogP contribution in [0.1, 0.15) is 11.1 Å². The van der Waals surface area contributed by atoms with Gasteiger partial charge in [0, 0.05) is 6.54 Å². The van der Waals surface area contributed by atoms with Crippen molar-refractivity contribution in [3.63, 3.8) is 0 Å². The average molecular weight is 400 g/mol. The zero-order valence-corrected chi connectivity index (χ0v) is 15.2. The first kappa shape index (κ1) is 17.2. The molecule has 2 aromatic carbocycles. The molecule has 0 aliphatic rings. The largest absolute Gasteiger partial charge is 0.488 e. The summed E-state index contributed by atoms with van der Waals surface area (Å²) in [5.74, 6) is 1.42. The van der Waals surface area contributed by atoms with Gasteiger partial charge in [0.1, 0.15) is 12.4 Å². The molecular weight excluding hydrogens is 382 g/mol. The fourth-order valence-corrected chi connectivity index (χ4v) is 2.80. The molecule has 0 atom stereocenters. The topological polar surface area (TPSA) is 64.9 Å². The number of allylic oxidation sites excluding steroid dienone is 1. The smallest absolute Gasteiger partial charge is 0.243 e. The summed E-state index contributed by atoms with van der Waals surface area (Å²) in [6.07, 6.45) is 1.75. The Morgan fingerprint density at radius 3 is 2.76 bits per heavy atom. The van der Waals surface area contributed by atoms with Gasteiger partial charge in [-0.15, -0.1) is 6.58 Å². The van der Waals surface area contributed by atoms with Crippen molar-refractivity contribution in [2.24, 2.45) is 0 Å². The van der Waals surface area contributed by atoms with E-state index < -0.39 is 0 Å². The van der Waals surface area contributed by atoms with Crippen LogP contribution in [0.2, 0.25) is 0 Å². The van der Waals surface area contributed by atoms with Gasteiger partial charge in [0.15, 0.2) is 0 Å². The number of hydrogen-bond donors (Lipinski definition) is 1. The van der Waals surface area contributed by atoms with Gasteiger partial charge in [-0.05, 0) is 49.6 Å².